The maximum absolute atomic E-state index is 11.9. The zero-order valence-electron chi connectivity index (χ0n) is 13.2. The first kappa shape index (κ1) is 15.6. The molecule has 2 aromatic rings. The van der Waals surface area contributed by atoms with Gasteiger partial charge < -0.3 is 20.3 Å². The molecule has 1 aromatic heterocycles. The van der Waals surface area contributed by atoms with Gasteiger partial charge >= 0.3 is 6.03 Å². The second-order valence-corrected chi connectivity index (χ2v) is 6.07. The molecule has 1 atom stereocenters. The van der Waals surface area contributed by atoms with E-state index in [2.05, 4.69) is 16.7 Å². The van der Waals surface area contributed by atoms with Crippen molar-refractivity contribution in [2.75, 3.05) is 13.1 Å². The lowest BCUT2D eigenvalue weighted by Gasteiger charge is -2.34. The summed E-state index contributed by atoms with van der Waals surface area (Å²) in [5, 5.41) is 16.5. The molecule has 0 fully saturated rings. The molecule has 0 radical (unpaired) electrons. The second-order valence-electron chi connectivity index (χ2n) is 6.07. The molecule has 0 spiro atoms. The summed E-state index contributed by atoms with van der Waals surface area (Å²) < 4.78 is 2.01. The zero-order valence-corrected chi connectivity index (χ0v) is 13.2. The largest absolute Gasteiger partial charge is 0.383 e. The topological polar surface area (TPSA) is 66.3 Å². The monoisotopic (exact) mass is 313 g/mol. The average Bonchev–Trinajstić information content (AvgIpc) is 3.07. The Morgan fingerprint density at radius 3 is 2.78 bits per heavy atom. The number of carbonyl (C=O) groups is 1. The van der Waals surface area contributed by atoms with E-state index in [1.54, 1.807) is 0 Å². The summed E-state index contributed by atoms with van der Waals surface area (Å²) in [6.45, 7) is 1.52. The minimum Gasteiger partial charge on any atom is -0.383 e. The Hall–Kier alpha value is -2.27. The van der Waals surface area contributed by atoms with Crippen LogP contribution in [0.2, 0.25) is 0 Å². The molecule has 1 aromatic carbocycles. The first-order chi connectivity index (χ1) is 11.2. The predicted molar refractivity (Wildman–Crippen MR) is 89.1 cm³/mol. The lowest BCUT2D eigenvalue weighted by molar-refractivity contribution is 0.0217. The number of benzene rings is 1. The van der Waals surface area contributed by atoms with Crippen LogP contribution in [-0.2, 0) is 18.6 Å². The number of aryl methyl sites for hydroxylation is 1. The SMILES string of the molecule is O=C(NCCn1cccc1)NCC1(O)CCCc2ccccc21. The van der Waals surface area contributed by atoms with E-state index in [4.69, 9.17) is 0 Å². The third kappa shape index (κ3) is 3.74. The van der Waals surface area contributed by atoms with Crippen LogP contribution in [-0.4, -0.2) is 28.8 Å². The summed E-state index contributed by atoms with van der Waals surface area (Å²) in [6.07, 6.45) is 6.52. The molecular formula is C18H23N3O2. The highest BCUT2D eigenvalue weighted by atomic mass is 16.3. The fraction of sp³-hybridized carbons (Fsp3) is 0.389. The molecule has 23 heavy (non-hydrogen) atoms. The summed E-state index contributed by atoms with van der Waals surface area (Å²) in [4.78, 5) is 11.9. The van der Waals surface area contributed by atoms with E-state index in [1.807, 2.05) is 47.3 Å². The van der Waals surface area contributed by atoms with Crippen LogP contribution >= 0.6 is 0 Å². The molecule has 3 rings (SSSR count). The van der Waals surface area contributed by atoms with Crippen LogP contribution in [0.4, 0.5) is 4.79 Å². The highest BCUT2D eigenvalue weighted by molar-refractivity contribution is 5.73. The van der Waals surface area contributed by atoms with Crippen molar-refractivity contribution in [2.45, 2.75) is 31.4 Å². The number of aromatic nitrogens is 1. The van der Waals surface area contributed by atoms with E-state index < -0.39 is 5.60 Å². The van der Waals surface area contributed by atoms with Gasteiger partial charge in [-0.05, 0) is 42.5 Å². The number of nitrogens with one attached hydrogen (secondary N) is 2. The summed E-state index contributed by atoms with van der Waals surface area (Å²) in [5.41, 5.74) is 1.15. The number of rotatable bonds is 5. The first-order valence-corrected chi connectivity index (χ1v) is 8.11. The lowest BCUT2D eigenvalue weighted by atomic mass is 9.79. The number of aliphatic hydroxyl groups is 1. The van der Waals surface area contributed by atoms with E-state index in [-0.39, 0.29) is 12.6 Å². The predicted octanol–water partition coefficient (Wildman–Crippen LogP) is 2.01. The molecular weight excluding hydrogens is 290 g/mol. The normalized spacial score (nSPS) is 19.9. The van der Waals surface area contributed by atoms with Crippen LogP contribution in [0, 0.1) is 0 Å². The van der Waals surface area contributed by atoms with E-state index in [9.17, 15) is 9.90 Å². The Kier molecular flexibility index (Phi) is 4.67. The van der Waals surface area contributed by atoms with Crippen LogP contribution in [0.1, 0.15) is 24.0 Å². The number of urea groups is 1. The Balaban J connectivity index is 1.50. The van der Waals surface area contributed by atoms with Crippen LogP contribution in [0.15, 0.2) is 48.8 Å². The van der Waals surface area contributed by atoms with E-state index in [1.165, 1.54) is 5.56 Å². The van der Waals surface area contributed by atoms with Gasteiger partial charge in [-0.15, -0.1) is 0 Å². The van der Waals surface area contributed by atoms with Gasteiger partial charge in [0.2, 0.25) is 0 Å². The molecule has 2 amide bonds. The highest BCUT2D eigenvalue weighted by Crippen LogP contribution is 2.34. The van der Waals surface area contributed by atoms with Crippen molar-refractivity contribution in [1.82, 2.24) is 15.2 Å². The Bertz CT molecular complexity index is 654. The molecule has 1 unspecified atom stereocenters. The summed E-state index contributed by atoms with van der Waals surface area (Å²) >= 11 is 0. The molecule has 122 valence electrons. The number of hydrogen-bond donors (Lipinski definition) is 3. The number of hydrogen-bond acceptors (Lipinski definition) is 2. The standard InChI is InChI=1S/C18H23N3O2/c22-17(19-10-13-21-11-3-4-12-21)20-14-18(23)9-5-7-15-6-1-2-8-16(15)18/h1-4,6,8,11-12,23H,5,7,9-10,13-14H2,(H2,19,20,22). The van der Waals surface area contributed by atoms with Crippen LogP contribution in [0.3, 0.4) is 0 Å². The van der Waals surface area contributed by atoms with Crippen molar-refractivity contribution in [3.8, 4) is 0 Å². The van der Waals surface area contributed by atoms with Gasteiger partial charge in [0.1, 0.15) is 5.60 Å². The Morgan fingerprint density at radius 2 is 1.96 bits per heavy atom. The highest BCUT2D eigenvalue weighted by Gasteiger charge is 2.34. The molecule has 5 nitrogen and oxygen atoms in total. The smallest absolute Gasteiger partial charge is 0.314 e. The van der Waals surface area contributed by atoms with Gasteiger partial charge in [-0.25, -0.2) is 4.79 Å². The quantitative estimate of drug-likeness (QED) is 0.790. The third-order valence-corrected chi connectivity index (χ3v) is 4.42. The van der Waals surface area contributed by atoms with Crippen LogP contribution in [0.25, 0.3) is 0 Å². The minimum absolute atomic E-state index is 0.235. The van der Waals surface area contributed by atoms with Gasteiger partial charge in [0.25, 0.3) is 0 Å². The average molecular weight is 313 g/mol. The molecule has 0 bridgehead atoms. The van der Waals surface area contributed by atoms with Crippen molar-refractivity contribution >= 4 is 6.03 Å². The molecule has 3 N–H and O–H groups in total. The number of fused-ring (bicyclic) bond motifs is 1. The third-order valence-electron chi connectivity index (χ3n) is 4.42. The first-order valence-electron chi connectivity index (χ1n) is 8.11. The zero-order chi connectivity index (χ0) is 16.1. The fourth-order valence-electron chi connectivity index (χ4n) is 3.19. The van der Waals surface area contributed by atoms with Crippen molar-refractivity contribution in [3.63, 3.8) is 0 Å². The van der Waals surface area contributed by atoms with E-state index >= 15 is 0 Å². The fourth-order valence-corrected chi connectivity index (χ4v) is 3.19. The van der Waals surface area contributed by atoms with Gasteiger partial charge in [0.05, 0.1) is 6.54 Å². The summed E-state index contributed by atoms with van der Waals surface area (Å²) in [7, 11) is 0. The van der Waals surface area contributed by atoms with Crippen molar-refractivity contribution < 1.29 is 9.90 Å². The van der Waals surface area contributed by atoms with Gasteiger partial charge in [-0.1, -0.05) is 24.3 Å². The molecule has 0 saturated heterocycles. The summed E-state index contributed by atoms with van der Waals surface area (Å²) in [5.74, 6) is 0. The molecule has 5 heteroatoms. The summed E-state index contributed by atoms with van der Waals surface area (Å²) in [6, 6.07) is 11.6. The van der Waals surface area contributed by atoms with Gasteiger partial charge in [-0.2, -0.15) is 0 Å². The maximum Gasteiger partial charge on any atom is 0.314 e. The van der Waals surface area contributed by atoms with Crippen LogP contribution < -0.4 is 10.6 Å². The number of amides is 2. The lowest BCUT2D eigenvalue weighted by Crippen LogP contribution is -2.46. The van der Waals surface area contributed by atoms with Crippen molar-refractivity contribution in [3.05, 3.63) is 59.9 Å². The van der Waals surface area contributed by atoms with Crippen molar-refractivity contribution in [2.24, 2.45) is 0 Å². The molecule has 1 aliphatic rings. The Labute approximate surface area is 136 Å². The minimum atomic E-state index is -0.966. The van der Waals surface area contributed by atoms with Gasteiger partial charge in [-0.3, -0.25) is 0 Å². The Morgan fingerprint density at radius 1 is 1.17 bits per heavy atom. The maximum atomic E-state index is 11.9. The number of carbonyl (C=O) groups excluding carboxylic acids is 1. The van der Waals surface area contributed by atoms with Gasteiger partial charge in [0.15, 0.2) is 0 Å². The molecule has 1 aliphatic carbocycles. The van der Waals surface area contributed by atoms with E-state index in [0.717, 1.165) is 24.9 Å². The molecule has 0 saturated carbocycles. The number of nitrogens with zero attached hydrogens (tertiary/aromatic N) is 1. The molecule has 0 aliphatic heterocycles. The van der Waals surface area contributed by atoms with Gasteiger partial charge in [0, 0.05) is 25.5 Å². The van der Waals surface area contributed by atoms with Crippen molar-refractivity contribution in [1.29, 1.82) is 0 Å². The van der Waals surface area contributed by atoms with E-state index in [0.29, 0.717) is 13.0 Å². The molecule has 1 heterocycles. The second kappa shape index (κ2) is 6.87. The van der Waals surface area contributed by atoms with Crippen LogP contribution in [0.5, 0.6) is 0 Å².